The molecule has 0 aromatic heterocycles. The molecule has 110 valence electrons. The Labute approximate surface area is 110 Å². The lowest BCUT2D eigenvalue weighted by Crippen LogP contribution is -2.19. The molecule has 0 unspecified atom stereocenters. The van der Waals surface area contributed by atoms with Gasteiger partial charge in [0.15, 0.2) is 5.92 Å². The smallest absolute Gasteiger partial charge is 0.317 e. The maximum absolute atomic E-state index is 9.76. The van der Waals surface area contributed by atoms with E-state index in [1.165, 1.54) is 0 Å². The molecule has 0 saturated heterocycles. The lowest BCUT2D eigenvalue weighted by atomic mass is 10.2. The van der Waals surface area contributed by atoms with Gasteiger partial charge in [-0.2, -0.15) is 0 Å². The molecule has 0 aromatic rings. The molecule has 0 bridgehead atoms. The van der Waals surface area contributed by atoms with Gasteiger partial charge in [-0.25, -0.2) is 0 Å². The molecule has 0 aliphatic rings. The van der Waals surface area contributed by atoms with Crippen LogP contribution in [0.1, 0.15) is 34.6 Å². The van der Waals surface area contributed by atoms with E-state index in [1.807, 2.05) is 0 Å². The third kappa shape index (κ3) is 24.2. The lowest BCUT2D eigenvalue weighted by Gasteiger charge is -1.94. The van der Waals surface area contributed by atoms with Crippen molar-refractivity contribution >= 4 is 11.9 Å². The second kappa shape index (κ2) is 18.2. The molecule has 0 spiro atoms. The molecule has 0 aliphatic heterocycles. The van der Waals surface area contributed by atoms with Crippen LogP contribution in [0, 0.1) is 5.92 Å². The van der Waals surface area contributed by atoms with Crippen molar-refractivity contribution in [3.05, 3.63) is 0 Å². The fourth-order valence-electron chi connectivity index (χ4n) is 0.606. The quantitative estimate of drug-likeness (QED) is 0.535. The van der Waals surface area contributed by atoms with Crippen LogP contribution in [0.5, 0.6) is 0 Å². The molecule has 0 aliphatic carbocycles. The first-order chi connectivity index (χ1) is 8.38. The molecule has 0 rings (SSSR count). The lowest BCUT2D eigenvalue weighted by molar-refractivity contribution is -0.153. The van der Waals surface area contributed by atoms with Crippen LogP contribution >= 0.6 is 0 Å². The number of nitrogens with one attached hydrogen (secondary N) is 2. The van der Waals surface area contributed by atoms with Crippen molar-refractivity contribution in [2.24, 2.45) is 5.92 Å². The van der Waals surface area contributed by atoms with Crippen molar-refractivity contribution in [2.45, 2.75) is 34.6 Å². The van der Waals surface area contributed by atoms with Crippen LogP contribution in [-0.4, -0.2) is 48.3 Å². The van der Waals surface area contributed by atoms with Gasteiger partial charge in [-0.05, 0) is 33.1 Å². The molecular formula is C12H28N2O4. The van der Waals surface area contributed by atoms with Gasteiger partial charge in [0.2, 0.25) is 0 Å². The van der Waals surface area contributed by atoms with Crippen molar-refractivity contribution in [3.8, 4) is 0 Å². The largest absolute Gasteiger partial charge is 0.481 e. The van der Waals surface area contributed by atoms with Crippen molar-refractivity contribution in [1.82, 2.24) is 10.6 Å². The van der Waals surface area contributed by atoms with Crippen LogP contribution in [0.4, 0.5) is 0 Å². The average Bonchev–Trinajstić information content (AvgIpc) is 2.31. The predicted octanol–water partition coefficient (Wildman–Crippen LogP) is 1.02. The minimum Gasteiger partial charge on any atom is -0.481 e. The van der Waals surface area contributed by atoms with E-state index in [9.17, 15) is 9.59 Å². The Hall–Kier alpha value is -1.14. The first-order valence-corrected chi connectivity index (χ1v) is 6.25. The summed E-state index contributed by atoms with van der Waals surface area (Å²) in [5.74, 6) is -3.91. The maximum atomic E-state index is 9.76. The maximum Gasteiger partial charge on any atom is 0.317 e. The highest BCUT2D eigenvalue weighted by Crippen LogP contribution is 1.91. The molecule has 0 aromatic carbocycles. The third-order valence-corrected chi connectivity index (χ3v) is 1.74. The minimum absolute atomic E-state index is 1.09. The fraction of sp³-hybridized carbons (Fsp3) is 0.833. The Morgan fingerprint density at radius 3 is 1.06 bits per heavy atom. The Balaban J connectivity index is -0.000000197. The Morgan fingerprint density at radius 1 is 0.833 bits per heavy atom. The molecule has 4 N–H and O–H groups in total. The number of rotatable bonds is 6. The van der Waals surface area contributed by atoms with Crippen LogP contribution in [0.25, 0.3) is 0 Å². The molecule has 6 nitrogen and oxygen atoms in total. The second-order valence-corrected chi connectivity index (χ2v) is 3.31. The molecule has 0 radical (unpaired) electrons. The standard InChI is InChI=1S/2C4H11N.C4H6O4/c2*1-3-5-4-2;1-2(3(5)6)4(7)8/h2*5H,3-4H2,1-2H3;2H,1H3,(H,5,6)(H,7,8). The van der Waals surface area contributed by atoms with Gasteiger partial charge in [-0.15, -0.1) is 0 Å². The van der Waals surface area contributed by atoms with Gasteiger partial charge >= 0.3 is 11.9 Å². The Kier molecular flexibility index (Phi) is 22.4. The van der Waals surface area contributed by atoms with E-state index >= 15 is 0 Å². The molecule has 0 heterocycles. The Bertz CT molecular complexity index is 175. The predicted molar refractivity (Wildman–Crippen MR) is 72.9 cm³/mol. The summed E-state index contributed by atoms with van der Waals surface area (Å²) in [4.78, 5) is 19.5. The Morgan fingerprint density at radius 2 is 1.06 bits per heavy atom. The second-order valence-electron chi connectivity index (χ2n) is 3.31. The fourth-order valence-corrected chi connectivity index (χ4v) is 0.606. The molecule has 0 atom stereocenters. The van der Waals surface area contributed by atoms with Gasteiger partial charge in [0.1, 0.15) is 0 Å². The molecular weight excluding hydrogens is 236 g/mol. The number of carboxylic acid groups (broad SMARTS) is 2. The molecule has 18 heavy (non-hydrogen) atoms. The van der Waals surface area contributed by atoms with Gasteiger partial charge in [0, 0.05) is 0 Å². The van der Waals surface area contributed by atoms with Crippen LogP contribution in [-0.2, 0) is 9.59 Å². The van der Waals surface area contributed by atoms with E-state index in [0.717, 1.165) is 33.1 Å². The third-order valence-electron chi connectivity index (χ3n) is 1.74. The van der Waals surface area contributed by atoms with Crippen molar-refractivity contribution in [2.75, 3.05) is 26.2 Å². The van der Waals surface area contributed by atoms with Gasteiger partial charge in [0.25, 0.3) is 0 Å². The van der Waals surface area contributed by atoms with Crippen molar-refractivity contribution in [3.63, 3.8) is 0 Å². The summed E-state index contributed by atoms with van der Waals surface area (Å²) in [6.45, 7) is 13.9. The molecule has 0 saturated carbocycles. The topological polar surface area (TPSA) is 98.7 Å². The van der Waals surface area contributed by atoms with E-state index in [4.69, 9.17) is 10.2 Å². The monoisotopic (exact) mass is 264 g/mol. The summed E-state index contributed by atoms with van der Waals surface area (Å²) in [5.41, 5.74) is 0. The zero-order valence-corrected chi connectivity index (χ0v) is 12.1. The SMILES string of the molecule is CC(C(=O)O)C(=O)O.CCNCC.CCNCC. The van der Waals surface area contributed by atoms with Crippen molar-refractivity contribution < 1.29 is 19.8 Å². The van der Waals surface area contributed by atoms with Gasteiger partial charge in [-0.3, -0.25) is 9.59 Å². The summed E-state index contributed by atoms with van der Waals surface area (Å²) < 4.78 is 0. The van der Waals surface area contributed by atoms with E-state index in [-0.39, 0.29) is 0 Å². The molecule has 0 fully saturated rings. The van der Waals surface area contributed by atoms with E-state index in [0.29, 0.717) is 0 Å². The first-order valence-electron chi connectivity index (χ1n) is 6.25. The van der Waals surface area contributed by atoms with E-state index < -0.39 is 17.9 Å². The normalized spacial score (nSPS) is 8.78. The van der Waals surface area contributed by atoms with E-state index in [1.54, 1.807) is 0 Å². The summed E-state index contributed by atoms with van der Waals surface area (Å²) in [5, 5.41) is 22.2. The zero-order chi connectivity index (χ0) is 15.0. The number of carbonyl (C=O) groups is 2. The molecule has 6 heteroatoms. The van der Waals surface area contributed by atoms with Gasteiger partial charge < -0.3 is 20.8 Å². The highest BCUT2D eigenvalue weighted by atomic mass is 16.4. The summed E-state index contributed by atoms with van der Waals surface area (Å²) in [6, 6.07) is 0. The van der Waals surface area contributed by atoms with Gasteiger partial charge in [-0.1, -0.05) is 27.7 Å². The highest BCUT2D eigenvalue weighted by Gasteiger charge is 2.18. The summed E-state index contributed by atoms with van der Waals surface area (Å²) >= 11 is 0. The zero-order valence-electron chi connectivity index (χ0n) is 12.1. The summed E-state index contributed by atoms with van der Waals surface area (Å²) in [7, 11) is 0. The average molecular weight is 264 g/mol. The number of aliphatic carboxylic acids is 2. The van der Waals surface area contributed by atoms with Crippen LogP contribution < -0.4 is 10.6 Å². The number of hydrogen-bond acceptors (Lipinski definition) is 4. The number of hydrogen-bond donors (Lipinski definition) is 4. The summed E-state index contributed by atoms with van der Waals surface area (Å²) in [6.07, 6.45) is 0. The van der Waals surface area contributed by atoms with Crippen LogP contribution in [0.3, 0.4) is 0 Å². The highest BCUT2D eigenvalue weighted by molar-refractivity contribution is 5.92. The molecule has 0 amide bonds. The number of carboxylic acids is 2. The minimum atomic E-state index is -1.31. The first kappa shape index (κ1) is 22.1. The van der Waals surface area contributed by atoms with E-state index in [2.05, 4.69) is 38.3 Å². The van der Waals surface area contributed by atoms with Crippen molar-refractivity contribution in [1.29, 1.82) is 0 Å². The van der Waals surface area contributed by atoms with Gasteiger partial charge in [0.05, 0.1) is 0 Å². The van der Waals surface area contributed by atoms with Crippen LogP contribution in [0.15, 0.2) is 0 Å². The van der Waals surface area contributed by atoms with Crippen LogP contribution in [0.2, 0.25) is 0 Å².